The van der Waals surface area contributed by atoms with Crippen molar-refractivity contribution in [2.45, 2.75) is 6.42 Å². The molecule has 1 aliphatic rings. The number of fused-ring (bicyclic) bond motifs is 9. The Labute approximate surface area is 293 Å². The van der Waals surface area contributed by atoms with Crippen molar-refractivity contribution in [1.82, 2.24) is 14.5 Å². The molecule has 11 rings (SSSR count). The van der Waals surface area contributed by atoms with Crippen LogP contribution in [0.15, 0.2) is 168 Å². The number of rotatable bonds is 4. The van der Waals surface area contributed by atoms with Crippen molar-refractivity contribution in [3.8, 4) is 50.7 Å². The van der Waals surface area contributed by atoms with Gasteiger partial charge in [0.2, 0.25) is 0 Å². The minimum Gasteiger partial charge on any atom is -0.456 e. The maximum absolute atomic E-state index is 6.44. The lowest BCUT2D eigenvalue weighted by atomic mass is 10.0. The molecule has 0 saturated heterocycles. The first-order valence-electron chi connectivity index (χ1n) is 17.4. The second-order valence-electron chi connectivity index (χ2n) is 13.4. The monoisotopic (exact) mass is 651 g/mol. The SMILES string of the molecule is c1ccc(-c2cc(-c3ccccc3)nc(-c3cccc(-n4c5cc6c(cc5c5cc7c(cc54)oc4ccccc47)-c4ccccc4C6)c3)n2)cc1. The highest BCUT2D eigenvalue weighted by molar-refractivity contribution is 6.18. The molecule has 0 unspecified atom stereocenters. The molecule has 4 heteroatoms. The molecular formula is C47H29N3O. The summed E-state index contributed by atoms with van der Waals surface area (Å²) in [5.74, 6) is 0.689. The Morgan fingerprint density at radius 3 is 1.90 bits per heavy atom. The lowest BCUT2D eigenvalue weighted by Crippen LogP contribution is -1.98. The summed E-state index contributed by atoms with van der Waals surface area (Å²) >= 11 is 0. The van der Waals surface area contributed by atoms with Crippen LogP contribution in [0.2, 0.25) is 0 Å². The maximum Gasteiger partial charge on any atom is 0.160 e. The highest BCUT2D eigenvalue weighted by Gasteiger charge is 2.23. The van der Waals surface area contributed by atoms with Gasteiger partial charge in [-0.25, -0.2) is 9.97 Å². The standard InChI is InChI=1S/C47H29N3O/c1-3-12-29(13-4-1)41-27-42(30-14-5-2-6-15-30)49-47(48-41)32-17-11-18-34(23-32)50-43-24-33-22-31-16-7-8-19-35(31)37(33)25-38(43)39-26-40-36-20-9-10-21-45(36)51-46(40)28-44(39)50/h1-21,23-28H,22H2. The predicted molar refractivity (Wildman–Crippen MR) is 208 cm³/mol. The largest absolute Gasteiger partial charge is 0.456 e. The number of nitrogens with zero attached hydrogens (tertiary/aromatic N) is 3. The molecule has 3 aromatic heterocycles. The van der Waals surface area contributed by atoms with Crippen LogP contribution in [0.1, 0.15) is 11.1 Å². The van der Waals surface area contributed by atoms with Crippen molar-refractivity contribution >= 4 is 43.7 Å². The topological polar surface area (TPSA) is 43.9 Å². The first kappa shape index (κ1) is 28.1. The summed E-state index contributed by atoms with van der Waals surface area (Å²) in [7, 11) is 0. The molecule has 51 heavy (non-hydrogen) atoms. The molecule has 0 N–H and O–H groups in total. The van der Waals surface area contributed by atoms with Crippen molar-refractivity contribution in [3.05, 3.63) is 175 Å². The van der Waals surface area contributed by atoms with Gasteiger partial charge >= 0.3 is 0 Å². The number of para-hydroxylation sites is 1. The number of hydrogen-bond acceptors (Lipinski definition) is 3. The Morgan fingerprint density at radius 1 is 0.431 bits per heavy atom. The fraction of sp³-hybridized carbons (Fsp3) is 0.0213. The summed E-state index contributed by atoms with van der Waals surface area (Å²) < 4.78 is 8.84. The van der Waals surface area contributed by atoms with Gasteiger partial charge in [0.1, 0.15) is 11.2 Å². The zero-order chi connectivity index (χ0) is 33.5. The molecule has 1 aliphatic carbocycles. The summed E-state index contributed by atoms with van der Waals surface area (Å²) in [5, 5.41) is 4.70. The molecule has 0 saturated carbocycles. The van der Waals surface area contributed by atoms with Crippen LogP contribution >= 0.6 is 0 Å². The van der Waals surface area contributed by atoms with Crippen LogP contribution in [0.25, 0.3) is 94.5 Å². The van der Waals surface area contributed by atoms with Gasteiger partial charge in [-0.3, -0.25) is 0 Å². The van der Waals surface area contributed by atoms with Crippen LogP contribution in [0.3, 0.4) is 0 Å². The molecule has 3 heterocycles. The highest BCUT2D eigenvalue weighted by atomic mass is 16.3. The van der Waals surface area contributed by atoms with E-state index in [1.807, 2.05) is 24.3 Å². The summed E-state index contributed by atoms with van der Waals surface area (Å²) in [4.78, 5) is 10.3. The van der Waals surface area contributed by atoms with Gasteiger partial charge in [-0.05, 0) is 71.1 Å². The Hall–Kier alpha value is -6.78. The first-order valence-corrected chi connectivity index (χ1v) is 17.4. The minimum absolute atomic E-state index is 0.689. The van der Waals surface area contributed by atoms with Crippen LogP contribution in [0, 0.1) is 0 Å². The summed E-state index contributed by atoms with van der Waals surface area (Å²) in [6, 6.07) is 57.9. The smallest absolute Gasteiger partial charge is 0.160 e. The molecule has 0 radical (unpaired) electrons. The van der Waals surface area contributed by atoms with Crippen molar-refractivity contribution in [1.29, 1.82) is 0 Å². The Kier molecular flexibility index (Phi) is 5.98. The molecule has 10 aromatic rings. The third kappa shape index (κ3) is 4.40. The van der Waals surface area contributed by atoms with Gasteiger partial charge in [0.15, 0.2) is 5.82 Å². The van der Waals surface area contributed by atoms with E-state index in [0.29, 0.717) is 5.82 Å². The van der Waals surface area contributed by atoms with Crippen LogP contribution < -0.4 is 0 Å². The Morgan fingerprint density at radius 2 is 1.10 bits per heavy atom. The van der Waals surface area contributed by atoms with E-state index in [1.165, 1.54) is 38.5 Å². The predicted octanol–water partition coefficient (Wildman–Crippen LogP) is 12.0. The number of benzene rings is 7. The summed E-state index contributed by atoms with van der Waals surface area (Å²) in [5.41, 5.74) is 15.4. The van der Waals surface area contributed by atoms with Gasteiger partial charge < -0.3 is 8.98 Å². The van der Waals surface area contributed by atoms with Crippen LogP contribution in [0.4, 0.5) is 0 Å². The Bertz CT molecular complexity index is 2930. The fourth-order valence-electron chi connectivity index (χ4n) is 8.01. The highest BCUT2D eigenvalue weighted by Crippen LogP contribution is 2.44. The van der Waals surface area contributed by atoms with E-state index in [9.17, 15) is 0 Å². The van der Waals surface area contributed by atoms with Crippen LogP contribution in [0.5, 0.6) is 0 Å². The van der Waals surface area contributed by atoms with Crippen LogP contribution in [-0.4, -0.2) is 14.5 Å². The zero-order valence-electron chi connectivity index (χ0n) is 27.5. The van der Waals surface area contributed by atoms with Crippen molar-refractivity contribution in [3.63, 3.8) is 0 Å². The molecule has 0 atom stereocenters. The average molecular weight is 652 g/mol. The maximum atomic E-state index is 6.44. The van der Waals surface area contributed by atoms with E-state index in [-0.39, 0.29) is 0 Å². The lowest BCUT2D eigenvalue weighted by molar-refractivity contribution is 0.669. The molecule has 0 amide bonds. The quantitative estimate of drug-likeness (QED) is 0.190. The van der Waals surface area contributed by atoms with Gasteiger partial charge in [0, 0.05) is 50.0 Å². The molecule has 0 spiro atoms. The molecule has 238 valence electrons. The van der Waals surface area contributed by atoms with E-state index < -0.39 is 0 Å². The van der Waals surface area contributed by atoms with E-state index in [0.717, 1.165) is 67.6 Å². The lowest BCUT2D eigenvalue weighted by Gasteiger charge is -2.12. The molecule has 7 aromatic carbocycles. The normalized spacial score (nSPS) is 12.2. The molecule has 0 bridgehead atoms. The van der Waals surface area contributed by atoms with E-state index >= 15 is 0 Å². The zero-order valence-corrected chi connectivity index (χ0v) is 27.5. The number of hydrogen-bond donors (Lipinski definition) is 0. The summed E-state index contributed by atoms with van der Waals surface area (Å²) in [6.07, 6.45) is 0.929. The van der Waals surface area contributed by atoms with Gasteiger partial charge in [-0.2, -0.15) is 0 Å². The van der Waals surface area contributed by atoms with Crippen LogP contribution in [-0.2, 0) is 6.42 Å². The molecular weight excluding hydrogens is 623 g/mol. The van der Waals surface area contributed by atoms with E-state index in [2.05, 4.69) is 144 Å². The number of furan rings is 1. The second-order valence-corrected chi connectivity index (χ2v) is 13.4. The Balaban J connectivity index is 1.16. The summed E-state index contributed by atoms with van der Waals surface area (Å²) in [6.45, 7) is 0. The third-order valence-corrected chi connectivity index (χ3v) is 10.4. The minimum atomic E-state index is 0.689. The van der Waals surface area contributed by atoms with Crippen molar-refractivity contribution < 1.29 is 4.42 Å². The average Bonchev–Trinajstić information content (AvgIpc) is 3.85. The van der Waals surface area contributed by atoms with Gasteiger partial charge in [0.25, 0.3) is 0 Å². The second kappa shape index (κ2) is 10.9. The van der Waals surface area contributed by atoms with E-state index in [4.69, 9.17) is 14.4 Å². The molecule has 0 aliphatic heterocycles. The van der Waals surface area contributed by atoms with Gasteiger partial charge in [-0.15, -0.1) is 0 Å². The van der Waals surface area contributed by atoms with Gasteiger partial charge in [-0.1, -0.05) is 115 Å². The first-order chi connectivity index (χ1) is 25.2. The van der Waals surface area contributed by atoms with Crippen molar-refractivity contribution in [2.24, 2.45) is 0 Å². The fourth-order valence-corrected chi connectivity index (χ4v) is 8.01. The third-order valence-electron chi connectivity index (χ3n) is 10.4. The van der Waals surface area contributed by atoms with Gasteiger partial charge in [0.05, 0.1) is 22.4 Å². The van der Waals surface area contributed by atoms with Crippen molar-refractivity contribution in [2.75, 3.05) is 0 Å². The molecule has 4 nitrogen and oxygen atoms in total. The van der Waals surface area contributed by atoms with E-state index in [1.54, 1.807) is 0 Å². The molecule has 0 fully saturated rings. The number of aromatic nitrogens is 3.